The highest BCUT2D eigenvalue weighted by Crippen LogP contribution is 2.45. The molecule has 6 amide bonds. The van der Waals surface area contributed by atoms with Crippen LogP contribution in [0.3, 0.4) is 0 Å². The molecule has 19 nitrogen and oxygen atoms in total. The van der Waals surface area contributed by atoms with Gasteiger partial charge in [0, 0.05) is 31.8 Å². The van der Waals surface area contributed by atoms with Crippen LogP contribution >= 0.6 is 7.82 Å². The second-order valence-electron chi connectivity index (χ2n) is 14.4. The number of unbranched alkanes of at least 4 members (excludes halogenated alkanes) is 2. The number of aryl methyl sites for hydroxylation is 1. The molecule has 1 aliphatic rings. The molecule has 57 heavy (non-hydrogen) atoms. The maximum atomic E-state index is 13.7. The maximum absolute atomic E-state index is 13.7. The molecule has 1 aromatic heterocycles. The van der Waals surface area contributed by atoms with Crippen molar-refractivity contribution in [2.24, 2.45) is 11.7 Å². The predicted molar refractivity (Wildman–Crippen MR) is 206 cm³/mol. The third-order valence-electron chi connectivity index (χ3n) is 9.31. The number of H-pyrrole nitrogens is 1. The summed E-state index contributed by atoms with van der Waals surface area (Å²) in [4.78, 5) is 96.8. The summed E-state index contributed by atoms with van der Waals surface area (Å²) in [7, 11) is -4.71. The van der Waals surface area contributed by atoms with Gasteiger partial charge in [0.15, 0.2) is 0 Å². The number of amides is 6. The molecule has 7 atom stereocenters. The number of likely N-dealkylation sites (tertiary alicyclic amines) is 1. The number of phosphoric ester groups is 1. The van der Waals surface area contributed by atoms with E-state index in [-0.39, 0.29) is 31.3 Å². The zero-order chi connectivity index (χ0) is 42.1. The minimum absolute atomic E-state index is 0.0677. The highest BCUT2D eigenvalue weighted by Gasteiger charge is 2.37. The normalized spacial score (nSPS) is 17.7. The van der Waals surface area contributed by atoms with Gasteiger partial charge in [0.05, 0.1) is 25.6 Å². The Labute approximate surface area is 332 Å². The SMILES string of the molecule is CC(=O)N1CCCC1C(=O)N[C@@H](CC(C)C)C(=O)N[C@@H](Cc1cnc[nH]1)C(=O)N[C@@H](CO)C(=O)N[C@H](C(N)=O)[C@@H](C)OP(=O)(O)OCCCCCc1ccccc1. The lowest BCUT2D eigenvalue weighted by atomic mass is 10.0. The average molecular weight is 821 g/mol. The molecule has 2 aromatic rings. The molecule has 3 rings (SSSR count). The zero-order valence-electron chi connectivity index (χ0n) is 32.8. The van der Waals surface area contributed by atoms with Gasteiger partial charge in [-0.05, 0) is 56.9 Å². The first kappa shape index (κ1) is 46.7. The minimum Gasteiger partial charge on any atom is -0.394 e. The fourth-order valence-electron chi connectivity index (χ4n) is 6.36. The number of rotatable bonds is 24. The number of hydrogen-bond donors (Lipinski definition) is 8. The quantitative estimate of drug-likeness (QED) is 0.0527. The Bertz CT molecular complexity index is 1680. The number of nitrogens with one attached hydrogen (secondary N) is 5. The van der Waals surface area contributed by atoms with E-state index in [1.165, 1.54) is 36.8 Å². The van der Waals surface area contributed by atoms with Crippen LogP contribution in [0.5, 0.6) is 0 Å². The summed E-state index contributed by atoms with van der Waals surface area (Å²) < 4.78 is 22.8. The van der Waals surface area contributed by atoms with Crippen LogP contribution in [0, 0.1) is 5.92 Å². The fraction of sp³-hybridized carbons (Fsp3) is 0.595. The van der Waals surface area contributed by atoms with Gasteiger partial charge in [-0.15, -0.1) is 0 Å². The Morgan fingerprint density at radius 1 is 0.965 bits per heavy atom. The molecule has 2 heterocycles. The van der Waals surface area contributed by atoms with E-state index in [2.05, 4.69) is 31.2 Å². The van der Waals surface area contributed by atoms with E-state index in [1.807, 2.05) is 44.2 Å². The van der Waals surface area contributed by atoms with Crippen LogP contribution in [-0.2, 0) is 55.2 Å². The van der Waals surface area contributed by atoms with E-state index in [4.69, 9.17) is 14.8 Å². The number of imidazole rings is 1. The van der Waals surface area contributed by atoms with Crippen molar-refractivity contribution in [3.05, 3.63) is 54.1 Å². The molecule has 0 radical (unpaired) electrons. The van der Waals surface area contributed by atoms with Crippen molar-refractivity contribution >= 4 is 43.3 Å². The monoisotopic (exact) mass is 820 g/mol. The number of carbonyl (C=O) groups is 6. The van der Waals surface area contributed by atoms with Crippen LogP contribution in [0.25, 0.3) is 0 Å². The van der Waals surface area contributed by atoms with Gasteiger partial charge >= 0.3 is 7.82 Å². The first-order valence-corrected chi connectivity index (χ1v) is 20.6. The summed E-state index contributed by atoms with van der Waals surface area (Å²) in [6.07, 6.45) is 5.23. The Morgan fingerprint density at radius 2 is 1.63 bits per heavy atom. The highest BCUT2D eigenvalue weighted by atomic mass is 31.2. The Kier molecular flexibility index (Phi) is 18.8. The first-order chi connectivity index (χ1) is 27.0. The van der Waals surface area contributed by atoms with E-state index in [1.54, 1.807) is 0 Å². The van der Waals surface area contributed by atoms with Crippen LogP contribution in [-0.4, -0.2) is 116 Å². The average Bonchev–Trinajstić information content (AvgIpc) is 3.86. The molecule has 0 bridgehead atoms. The molecule has 1 fully saturated rings. The van der Waals surface area contributed by atoms with E-state index in [0.29, 0.717) is 37.9 Å². The summed E-state index contributed by atoms with van der Waals surface area (Å²) in [5.74, 6) is -4.71. The number of primary amides is 1. The molecule has 1 saturated heterocycles. The molecular weight excluding hydrogens is 763 g/mol. The second kappa shape index (κ2) is 22.9. The van der Waals surface area contributed by atoms with Crippen molar-refractivity contribution in [2.75, 3.05) is 19.8 Å². The predicted octanol–water partition coefficient (Wildman–Crippen LogP) is 0.361. The maximum Gasteiger partial charge on any atom is 0.472 e. The largest absolute Gasteiger partial charge is 0.472 e. The smallest absolute Gasteiger partial charge is 0.394 e. The van der Waals surface area contributed by atoms with E-state index in [9.17, 15) is 43.3 Å². The van der Waals surface area contributed by atoms with Gasteiger partial charge in [-0.2, -0.15) is 0 Å². The summed E-state index contributed by atoms with van der Waals surface area (Å²) in [6.45, 7) is 5.60. The zero-order valence-corrected chi connectivity index (χ0v) is 33.7. The standard InChI is InChI=1S/C37H57N8O11P/c1-23(2)18-28(42-37(52)31-15-11-16-45(31)25(4)47)34(49)41-29(19-27-20-39-22-40-27)35(50)43-30(21-46)36(51)44-32(33(38)48)24(3)56-57(53,54)55-17-10-6-9-14-26-12-7-5-8-13-26/h5,7-8,12-13,20,22-24,28-32,46H,6,9-11,14-19,21H2,1-4H3,(H2,38,48)(H,39,40)(H,41,49)(H,42,52)(H,43,50)(H,44,51)(H,53,54)/t24-,28+,29+,30+,31?,32+/m1/s1. The number of nitrogens with zero attached hydrogens (tertiary/aromatic N) is 2. The summed E-state index contributed by atoms with van der Waals surface area (Å²) in [5.41, 5.74) is 7.08. The number of aromatic nitrogens is 2. The van der Waals surface area contributed by atoms with Gasteiger partial charge in [-0.3, -0.25) is 37.8 Å². The number of aromatic amines is 1. The van der Waals surface area contributed by atoms with Gasteiger partial charge in [0.25, 0.3) is 0 Å². The molecule has 0 saturated carbocycles. The van der Waals surface area contributed by atoms with Crippen LogP contribution in [0.1, 0.15) is 77.5 Å². The number of aliphatic hydroxyl groups excluding tert-OH is 1. The number of benzene rings is 1. The van der Waals surface area contributed by atoms with Gasteiger partial charge in [-0.1, -0.05) is 50.6 Å². The summed E-state index contributed by atoms with van der Waals surface area (Å²) >= 11 is 0. The van der Waals surface area contributed by atoms with Gasteiger partial charge < -0.3 is 46.9 Å². The molecule has 1 aliphatic heterocycles. The van der Waals surface area contributed by atoms with E-state index >= 15 is 0 Å². The Balaban J connectivity index is 1.63. The Morgan fingerprint density at radius 3 is 2.25 bits per heavy atom. The molecule has 20 heteroatoms. The molecule has 0 aliphatic carbocycles. The number of carbonyl (C=O) groups excluding carboxylic acids is 6. The van der Waals surface area contributed by atoms with Gasteiger partial charge in [0.1, 0.15) is 30.2 Å². The molecule has 316 valence electrons. The molecule has 2 unspecified atom stereocenters. The van der Waals surface area contributed by atoms with Crippen LogP contribution in [0.2, 0.25) is 0 Å². The minimum atomic E-state index is -4.71. The third-order valence-corrected chi connectivity index (χ3v) is 10.4. The van der Waals surface area contributed by atoms with Crippen molar-refractivity contribution in [1.29, 1.82) is 0 Å². The third kappa shape index (κ3) is 15.6. The second-order valence-corrected chi connectivity index (χ2v) is 15.9. The molecular formula is C37H57N8O11P. The number of phosphoric acid groups is 1. The molecule has 1 aromatic carbocycles. The van der Waals surface area contributed by atoms with Crippen LogP contribution in [0.4, 0.5) is 0 Å². The Hall–Kier alpha value is -4.68. The van der Waals surface area contributed by atoms with Gasteiger partial charge in [0.2, 0.25) is 35.4 Å². The van der Waals surface area contributed by atoms with Crippen LogP contribution in [0.15, 0.2) is 42.9 Å². The lowest BCUT2D eigenvalue weighted by Crippen LogP contribution is -2.61. The molecule has 0 spiro atoms. The van der Waals surface area contributed by atoms with Crippen molar-refractivity contribution in [3.8, 4) is 0 Å². The number of aliphatic hydroxyl groups is 1. The lowest BCUT2D eigenvalue weighted by Gasteiger charge is -2.28. The van der Waals surface area contributed by atoms with E-state index < -0.39 is 80.3 Å². The van der Waals surface area contributed by atoms with Crippen molar-refractivity contribution in [1.82, 2.24) is 36.1 Å². The highest BCUT2D eigenvalue weighted by molar-refractivity contribution is 7.47. The lowest BCUT2D eigenvalue weighted by molar-refractivity contribution is -0.139. The molecule has 9 N–H and O–H groups in total. The first-order valence-electron chi connectivity index (χ1n) is 19.1. The van der Waals surface area contributed by atoms with Crippen molar-refractivity contribution in [2.45, 2.75) is 115 Å². The van der Waals surface area contributed by atoms with Gasteiger partial charge in [-0.25, -0.2) is 9.55 Å². The topological polar surface area (TPSA) is 284 Å². The summed E-state index contributed by atoms with van der Waals surface area (Å²) in [5, 5.41) is 20.1. The number of nitrogens with two attached hydrogens (primary N) is 1. The van der Waals surface area contributed by atoms with Crippen LogP contribution < -0.4 is 27.0 Å². The fourth-order valence-corrected chi connectivity index (χ4v) is 7.32. The summed E-state index contributed by atoms with van der Waals surface area (Å²) in [6, 6.07) is 3.25. The van der Waals surface area contributed by atoms with E-state index in [0.717, 1.165) is 12.8 Å². The van der Waals surface area contributed by atoms with Crippen molar-refractivity contribution < 1.29 is 52.4 Å². The number of hydrogen-bond acceptors (Lipinski definition) is 11. The van der Waals surface area contributed by atoms with Crippen molar-refractivity contribution in [3.63, 3.8) is 0 Å².